The van der Waals surface area contributed by atoms with Crippen LogP contribution in [0.1, 0.15) is 19.8 Å². The van der Waals surface area contributed by atoms with Crippen LogP contribution in [0.15, 0.2) is 0 Å². The van der Waals surface area contributed by atoms with Crippen molar-refractivity contribution in [2.24, 2.45) is 5.92 Å². The SMILES string of the molecule is CC1CCON(C)C(=O)C1. The van der Waals surface area contributed by atoms with Gasteiger partial charge in [-0.05, 0) is 12.3 Å². The fourth-order valence-corrected chi connectivity index (χ4v) is 0.992. The zero-order valence-corrected chi connectivity index (χ0v) is 6.46. The molecule has 1 fully saturated rings. The maximum Gasteiger partial charge on any atom is 0.246 e. The van der Waals surface area contributed by atoms with E-state index in [0.717, 1.165) is 6.42 Å². The maximum absolute atomic E-state index is 11.0. The van der Waals surface area contributed by atoms with Crippen LogP contribution in [-0.4, -0.2) is 24.6 Å². The molecule has 58 valence electrons. The molecule has 1 unspecified atom stereocenters. The first-order valence-electron chi connectivity index (χ1n) is 3.59. The number of hydroxylamine groups is 2. The molecule has 0 N–H and O–H groups in total. The second-order valence-electron chi connectivity index (χ2n) is 2.82. The van der Waals surface area contributed by atoms with E-state index in [1.54, 1.807) is 7.05 Å². The maximum atomic E-state index is 11.0. The lowest BCUT2D eigenvalue weighted by atomic mass is 10.1. The Hall–Kier alpha value is -0.570. The molecule has 0 aromatic rings. The van der Waals surface area contributed by atoms with E-state index in [9.17, 15) is 4.79 Å². The first-order valence-corrected chi connectivity index (χ1v) is 3.59. The molecular formula is C7H13NO2. The first kappa shape index (κ1) is 7.54. The normalized spacial score (nSPS) is 28.4. The Morgan fingerprint density at radius 3 is 3.10 bits per heavy atom. The molecule has 0 radical (unpaired) electrons. The second-order valence-corrected chi connectivity index (χ2v) is 2.82. The van der Waals surface area contributed by atoms with E-state index in [1.165, 1.54) is 5.06 Å². The molecule has 0 saturated carbocycles. The van der Waals surface area contributed by atoms with E-state index in [4.69, 9.17) is 4.84 Å². The van der Waals surface area contributed by atoms with Crippen molar-refractivity contribution in [2.75, 3.05) is 13.7 Å². The molecule has 1 aliphatic rings. The molecule has 3 nitrogen and oxygen atoms in total. The number of hydrogen-bond acceptors (Lipinski definition) is 2. The van der Waals surface area contributed by atoms with E-state index in [1.807, 2.05) is 0 Å². The molecular weight excluding hydrogens is 130 g/mol. The highest BCUT2D eigenvalue weighted by Gasteiger charge is 2.17. The molecule has 10 heavy (non-hydrogen) atoms. The molecule has 1 atom stereocenters. The fraction of sp³-hybridized carbons (Fsp3) is 0.857. The van der Waals surface area contributed by atoms with E-state index >= 15 is 0 Å². The van der Waals surface area contributed by atoms with Gasteiger partial charge in [0.25, 0.3) is 0 Å². The third-order valence-electron chi connectivity index (χ3n) is 1.77. The summed E-state index contributed by atoms with van der Waals surface area (Å²) in [7, 11) is 1.67. The number of carbonyl (C=O) groups is 1. The fourth-order valence-electron chi connectivity index (χ4n) is 0.992. The molecule has 1 rings (SSSR count). The van der Waals surface area contributed by atoms with E-state index in [2.05, 4.69) is 6.92 Å². The zero-order valence-electron chi connectivity index (χ0n) is 6.46. The average molecular weight is 143 g/mol. The molecule has 0 aliphatic carbocycles. The molecule has 0 spiro atoms. The second kappa shape index (κ2) is 3.01. The minimum Gasteiger partial charge on any atom is -0.273 e. The van der Waals surface area contributed by atoms with Gasteiger partial charge in [0.1, 0.15) is 0 Å². The predicted molar refractivity (Wildman–Crippen MR) is 37.1 cm³/mol. The van der Waals surface area contributed by atoms with Gasteiger partial charge in [-0.15, -0.1) is 0 Å². The molecule has 1 aliphatic heterocycles. The molecule has 1 saturated heterocycles. The standard InChI is InChI=1S/C7H13NO2/c1-6-3-4-10-8(2)7(9)5-6/h6H,3-5H2,1-2H3. The minimum atomic E-state index is 0.0880. The highest BCUT2D eigenvalue weighted by Crippen LogP contribution is 2.13. The van der Waals surface area contributed by atoms with E-state index in [0.29, 0.717) is 18.9 Å². The van der Waals surface area contributed by atoms with Crippen molar-refractivity contribution in [1.82, 2.24) is 5.06 Å². The van der Waals surface area contributed by atoms with Crippen LogP contribution < -0.4 is 0 Å². The summed E-state index contributed by atoms with van der Waals surface area (Å²) in [6.45, 7) is 2.74. The Morgan fingerprint density at radius 1 is 1.70 bits per heavy atom. The Balaban J connectivity index is 2.49. The Kier molecular flexibility index (Phi) is 2.27. The number of rotatable bonds is 0. The highest BCUT2D eigenvalue weighted by atomic mass is 16.7. The van der Waals surface area contributed by atoms with Crippen LogP contribution in [0.4, 0.5) is 0 Å². The van der Waals surface area contributed by atoms with Crippen LogP contribution in [0.3, 0.4) is 0 Å². The quantitative estimate of drug-likeness (QED) is 0.502. The van der Waals surface area contributed by atoms with E-state index < -0.39 is 0 Å². The molecule has 0 aromatic carbocycles. The summed E-state index contributed by atoms with van der Waals surface area (Å²) in [5.41, 5.74) is 0. The highest BCUT2D eigenvalue weighted by molar-refractivity contribution is 5.75. The summed E-state index contributed by atoms with van der Waals surface area (Å²) in [6, 6.07) is 0. The summed E-state index contributed by atoms with van der Waals surface area (Å²) in [4.78, 5) is 16.1. The monoisotopic (exact) mass is 143 g/mol. The van der Waals surface area contributed by atoms with Crippen molar-refractivity contribution in [3.05, 3.63) is 0 Å². The van der Waals surface area contributed by atoms with Gasteiger partial charge in [-0.3, -0.25) is 9.63 Å². The van der Waals surface area contributed by atoms with Crippen molar-refractivity contribution in [2.45, 2.75) is 19.8 Å². The minimum absolute atomic E-state index is 0.0880. The van der Waals surface area contributed by atoms with Gasteiger partial charge in [0.15, 0.2) is 0 Å². The van der Waals surface area contributed by atoms with Gasteiger partial charge in [0.05, 0.1) is 6.61 Å². The van der Waals surface area contributed by atoms with Crippen LogP contribution in [0.2, 0.25) is 0 Å². The zero-order chi connectivity index (χ0) is 7.56. The van der Waals surface area contributed by atoms with E-state index in [-0.39, 0.29) is 5.91 Å². The van der Waals surface area contributed by atoms with Crippen LogP contribution in [-0.2, 0) is 9.63 Å². The average Bonchev–Trinajstić information content (AvgIpc) is 1.96. The third kappa shape index (κ3) is 1.70. The first-order chi connectivity index (χ1) is 4.70. The van der Waals surface area contributed by atoms with Crippen LogP contribution >= 0.6 is 0 Å². The van der Waals surface area contributed by atoms with Crippen LogP contribution in [0.5, 0.6) is 0 Å². The Labute approximate surface area is 60.9 Å². The number of amides is 1. The van der Waals surface area contributed by atoms with Crippen molar-refractivity contribution in [1.29, 1.82) is 0 Å². The van der Waals surface area contributed by atoms with Crippen LogP contribution in [0, 0.1) is 5.92 Å². The summed E-state index contributed by atoms with van der Waals surface area (Å²) in [6.07, 6.45) is 1.60. The molecule has 3 heteroatoms. The predicted octanol–water partition coefficient (Wildman–Crippen LogP) is 0.806. The number of nitrogens with zero attached hydrogens (tertiary/aromatic N) is 1. The molecule has 0 aromatic heterocycles. The lowest BCUT2D eigenvalue weighted by Gasteiger charge is -2.11. The van der Waals surface area contributed by atoms with Gasteiger partial charge in [-0.1, -0.05) is 6.92 Å². The van der Waals surface area contributed by atoms with Crippen molar-refractivity contribution < 1.29 is 9.63 Å². The smallest absolute Gasteiger partial charge is 0.246 e. The topological polar surface area (TPSA) is 29.5 Å². The number of hydrogen-bond donors (Lipinski definition) is 0. The molecule has 0 bridgehead atoms. The van der Waals surface area contributed by atoms with Gasteiger partial charge in [-0.2, -0.15) is 0 Å². The third-order valence-corrected chi connectivity index (χ3v) is 1.77. The summed E-state index contributed by atoms with van der Waals surface area (Å²) >= 11 is 0. The summed E-state index contributed by atoms with van der Waals surface area (Å²) < 4.78 is 0. The van der Waals surface area contributed by atoms with Crippen LogP contribution in [0.25, 0.3) is 0 Å². The summed E-state index contributed by atoms with van der Waals surface area (Å²) in [5, 5.41) is 1.34. The summed E-state index contributed by atoms with van der Waals surface area (Å²) in [5.74, 6) is 0.558. The Morgan fingerprint density at radius 2 is 2.40 bits per heavy atom. The van der Waals surface area contributed by atoms with Gasteiger partial charge < -0.3 is 0 Å². The van der Waals surface area contributed by atoms with Gasteiger partial charge in [0.2, 0.25) is 5.91 Å². The Bertz CT molecular complexity index is 136. The van der Waals surface area contributed by atoms with Gasteiger partial charge in [0, 0.05) is 13.5 Å². The van der Waals surface area contributed by atoms with Crippen molar-refractivity contribution in [3.8, 4) is 0 Å². The lowest BCUT2D eigenvalue weighted by Crippen LogP contribution is -2.24. The largest absolute Gasteiger partial charge is 0.273 e. The van der Waals surface area contributed by atoms with Gasteiger partial charge in [-0.25, -0.2) is 5.06 Å². The van der Waals surface area contributed by atoms with Crippen molar-refractivity contribution >= 4 is 5.91 Å². The molecule has 1 heterocycles. The van der Waals surface area contributed by atoms with Gasteiger partial charge >= 0.3 is 0 Å². The van der Waals surface area contributed by atoms with Crippen molar-refractivity contribution in [3.63, 3.8) is 0 Å². The molecule has 1 amide bonds. The number of carbonyl (C=O) groups excluding carboxylic acids is 1. The lowest BCUT2D eigenvalue weighted by molar-refractivity contribution is -0.174.